The molecule has 1 aromatic carbocycles. The number of tetrazole rings is 1. The van der Waals surface area contributed by atoms with E-state index in [1.165, 1.54) is 0 Å². The molecule has 1 unspecified atom stereocenters. The standard InChI is InChI=1S/C19H26N6O2/c26-19(17-8-4-5-9-25-18(17)20-21-22-25)24-12-10-23(11-13-24)14-15-27-16-6-2-1-3-7-16/h1-3,6-7,17H,4-5,8-15H2. The van der Waals surface area contributed by atoms with E-state index < -0.39 is 0 Å². The molecule has 27 heavy (non-hydrogen) atoms. The van der Waals surface area contributed by atoms with Gasteiger partial charge in [-0.25, -0.2) is 4.68 Å². The van der Waals surface area contributed by atoms with E-state index in [1.807, 2.05) is 35.2 Å². The predicted octanol–water partition coefficient (Wildman–Crippen LogP) is 1.16. The minimum atomic E-state index is -0.199. The summed E-state index contributed by atoms with van der Waals surface area (Å²) in [4.78, 5) is 17.4. The van der Waals surface area contributed by atoms with Gasteiger partial charge < -0.3 is 9.64 Å². The lowest BCUT2D eigenvalue weighted by Gasteiger charge is -2.36. The van der Waals surface area contributed by atoms with Crippen LogP contribution < -0.4 is 4.74 Å². The molecule has 0 spiro atoms. The number of hydrogen-bond donors (Lipinski definition) is 0. The van der Waals surface area contributed by atoms with Crippen LogP contribution in [0.1, 0.15) is 31.0 Å². The van der Waals surface area contributed by atoms with E-state index in [0.29, 0.717) is 6.61 Å². The molecule has 0 saturated carbocycles. The summed E-state index contributed by atoms with van der Waals surface area (Å²) in [7, 11) is 0. The molecule has 144 valence electrons. The fourth-order valence-electron chi connectivity index (χ4n) is 3.82. The van der Waals surface area contributed by atoms with Crippen molar-refractivity contribution >= 4 is 5.91 Å². The summed E-state index contributed by atoms with van der Waals surface area (Å²) in [5, 5.41) is 11.9. The summed E-state index contributed by atoms with van der Waals surface area (Å²) in [6.07, 6.45) is 2.89. The highest BCUT2D eigenvalue weighted by Gasteiger charge is 2.33. The van der Waals surface area contributed by atoms with Crippen LogP contribution in [0.4, 0.5) is 0 Å². The van der Waals surface area contributed by atoms with Gasteiger partial charge in [0.2, 0.25) is 5.91 Å². The van der Waals surface area contributed by atoms with Crippen molar-refractivity contribution in [2.75, 3.05) is 39.3 Å². The van der Waals surface area contributed by atoms with Crippen LogP contribution in [0.2, 0.25) is 0 Å². The van der Waals surface area contributed by atoms with Gasteiger partial charge in [-0.1, -0.05) is 24.6 Å². The zero-order valence-electron chi connectivity index (χ0n) is 15.5. The lowest BCUT2D eigenvalue weighted by Crippen LogP contribution is -2.50. The number of para-hydroxylation sites is 1. The molecular weight excluding hydrogens is 344 g/mol. The van der Waals surface area contributed by atoms with E-state index >= 15 is 0 Å². The molecule has 0 bridgehead atoms. The molecular formula is C19H26N6O2. The van der Waals surface area contributed by atoms with Crippen LogP contribution in [0, 0.1) is 0 Å². The monoisotopic (exact) mass is 370 g/mol. The Morgan fingerprint density at radius 3 is 2.70 bits per heavy atom. The van der Waals surface area contributed by atoms with Crippen molar-refractivity contribution in [3.8, 4) is 5.75 Å². The summed E-state index contributed by atoms with van der Waals surface area (Å²) >= 11 is 0. The number of ether oxygens (including phenoxy) is 1. The second-order valence-corrected chi connectivity index (χ2v) is 7.14. The highest BCUT2D eigenvalue weighted by Crippen LogP contribution is 2.26. The maximum absolute atomic E-state index is 13.0. The number of aryl methyl sites for hydroxylation is 1. The van der Waals surface area contributed by atoms with Crippen molar-refractivity contribution in [2.24, 2.45) is 0 Å². The molecule has 1 aromatic heterocycles. The number of carbonyl (C=O) groups excluding carboxylic acids is 1. The zero-order valence-corrected chi connectivity index (χ0v) is 15.5. The van der Waals surface area contributed by atoms with Crippen molar-refractivity contribution in [1.82, 2.24) is 30.0 Å². The lowest BCUT2D eigenvalue weighted by atomic mass is 10.0. The maximum atomic E-state index is 13.0. The lowest BCUT2D eigenvalue weighted by molar-refractivity contribution is -0.135. The molecule has 0 radical (unpaired) electrons. The Kier molecular flexibility index (Phi) is 5.62. The number of nitrogens with zero attached hydrogens (tertiary/aromatic N) is 6. The van der Waals surface area contributed by atoms with E-state index in [-0.39, 0.29) is 11.8 Å². The summed E-state index contributed by atoms with van der Waals surface area (Å²) in [5.41, 5.74) is 0. The van der Waals surface area contributed by atoms with Gasteiger partial charge in [0.05, 0.1) is 5.92 Å². The van der Waals surface area contributed by atoms with E-state index in [0.717, 1.165) is 70.1 Å². The highest BCUT2D eigenvalue weighted by atomic mass is 16.5. The quantitative estimate of drug-likeness (QED) is 0.786. The minimum absolute atomic E-state index is 0.174. The molecule has 8 heteroatoms. The largest absolute Gasteiger partial charge is 0.492 e. The first-order chi connectivity index (χ1) is 13.3. The number of hydrogen-bond acceptors (Lipinski definition) is 6. The smallest absolute Gasteiger partial charge is 0.233 e. The molecule has 2 aliphatic rings. The Balaban J connectivity index is 1.26. The summed E-state index contributed by atoms with van der Waals surface area (Å²) < 4.78 is 7.57. The van der Waals surface area contributed by atoms with Gasteiger partial charge >= 0.3 is 0 Å². The van der Waals surface area contributed by atoms with Crippen molar-refractivity contribution in [3.05, 3.63) is 36.2 Å². The van der Waals surface area contributed by atoms with Gasteiger partial charge in [-0.3, -0.25) is 9.69 Å². The topological polar surface area (TPSA) is 76.4 Å². The summed E-state index contributed by atoms with van der Waals surface area (Å²) in [5.74, 6) is 1.61. The van der Waals surface area contributed by atoms with Gasteiger partial charge in [0, 0.05) is 39.3 Å². The number of amides is 1. The van der Waals surface area contributed by atoms with Crippen molar-refractivity contribution in [2.45, 2.75) is 31.7 Å². The first-order valence-corrected chi connectivity index (χ1v) is 9.76. The van der Waals surface area contributed by atoms with E-state index in [9.17, 15) is 4.79 Å². The maximum Gasteiger partial charge on any atom is 0.233 e. The third-order valence-corrected chi connectivity index (χ3v) is 5.39. The Bertz CT molecular complexity index is 742. The van der Waals surface area contributed by atoms with E-state index in [4.69, 9.17) is 4.74 Å². The minimum Gasteiger partial charge on any atom is -0.492 e. The van der Waals surface area contributed by atoms with Crippen LogP contribution in [0.25, 0.3) is 0 Å². The molecule has 3 heterocycles. The van der Waals surface area contributed by atoms with Gasteiger partial charge in [-0.15, -0.1) is 5.10 Å². The normalized spacial score (nSPS) is 20.7. The predicted molar refractivity (Wildman–Crippen MR) is 99.4 cm³/mol. The second kappa shape index (κ2) is 8.47. The molecule has 0 N–H and O–H groups in total. The summed E-state index contributed by atoms with van der Waals surface area (Å²) in [6.45, 7) is 5.60. The van der Waals surface area contributed by atoms with Crippen LogP contribution in [0.3, 0.4) is 0 Å². The van der Waals surface area contributed by atoms with Crippen LogP contribution in [0.5, 0.6) is 5.75 Å². The Labute approximate surface area is 159 Å². The molecule has 8 nitrogen and oxygen atoms in total. The zero-order chi connectivity index (χ0) is 18.5. The highest BCUT2D eigenvalue weighted by molar-refractivity contribution is 5.83. The molecule has 0 aliphatic carbocycles. The first-order valence-electron chi connectivity index (χ1n) is 9.76. The average Bonchev–Trinajstić information content (AvgIpc) is 3.08. The van der Waals surface area contributed by atoms with E-state index in [1.54, 1.807) is 4.68 Å². The number of carbonyl (C=O) groups is 1. The molecule has 1 atom stereocenters. The number of rotatable bonds is 5. The summed E-state index contributed by atoms with van der Waals surface area (Å²) in [6, 6.07) is 9.87. The molecule has 2 aromatic rings. The second-order valence-electron chi connectivity index (χ2n) is 7.14. The van der Waals surface area contributed by atoms with Crippen LogP contribution >= 0.6 is 0 Å². The number of benzene rings is 1. The van der Waals surface area contributed by atoms with Crippen LogP contribution in [-0.4, -0.2) is 75.2 Å². The average molecular weight is 370 g/mol. The molecule has 2 aliphatic heterocycles. The van der Waals surface area contributed by atoms with Gasteiger partial charge in [0.15, 0.2) is 5.82 Å². The van der Waals surface area contributed by atoms with Gasteiger partial charge in [-0.05, 0) is 35.4 Å². The van der Waals surface area contributed by atoms with E-state index in [2.05, 4.69) is 20.4 Å². The van der Waals surface area contributed by atoms with Gasteiger partial charge in [0.1, 0.15) is 12.4 Å². The first kappa shape index (κ1) is 17.9. The molecule has 1 amide bonds. The SMILES string of the molecule is O=C(C1CCCCn2nnnc21)N1CCN(CCOc2ccccc2)CC1. The van der Waals surface area contributed by atoms with Crippen molar-refractivity contribution < 1.29 is 9.53 Å². The Morgan fingerprint density at radius 2 is 1.89 bits per heavy atom. The number of aromatic nitrogens is 4. The van der Waals surface area contributed by atoms with Crippen molar-refractivity contribution in [3.63, 3.8) is 0 Å². The molecule has 1 fully saturated rings. The third-order valence-electron chi connectivity index (χ3n) is 5.39. The molecule has 1 saturated heterocycles. The molecule has 4 rings (SSSR count). The Morgan fingerprint density at radius 1 is 1.07 bits per heavy atom. The van der Waals surface area contributed by atoms with Crippen LogP contribution in [0.15, 0.2) is 30.3 Å². The van der Waals surface area contributed by atoms with Gasteiger partial charge in [0.25, 0.3) is 0 Å². The third kappa shape index (κ3) is 4.27. The van der Waals surface area contributed by atoms with Crippen molar-refractivity contribution in [1.29, 1.82) is 0 Å². The number of fused-ring (bicyclic) bond motifs is 1. The van der Waals surface area contributed by atoms with Crippen LogP contribution in [-0.2, 0) is 11.3 Å². The fourth-order valence-corrected chi connectivity index (χ4v) is 3.82. The fraction of sp³-hybridized carbons (Fsp3) is 0.579. The Hall–Kier alpha value is -2.48. The number of piperazine rings is 1. The van der Waals surface area contributed by atoms with Gasteiger partial charge in [-0.2, -0.15) is 0 Å².